The van der Waals surface area contributed by atoms with E-state index in [1.807, 2.05) is 0 Å². The largest absolute Gasteiger partial charge is 0.320 e. The molecule has 4 nitrogen and oxygen atoms in total. The molecule has 0 aromatic heterocycles. The molecule has 1 aromatic carbocycles. The Labute approximate surface area is 113 Å². The van der Waals surface area contributed by atoms with Gasteiger partial charge < -0.3 is 5.73 Å². The Bertz CT molecular complexity index is 622. The Morgan fingerprint density at radius 2 is 2.00 bits per heavy atom. The zero-order valence-electron chi connectivity index (χ0n) is 11.1. The van der Waals surface area contributed by atoms with Crippen molar-refractivity contribution in [2.24, 2.45) is 5.73 Å². The summed E-state index contributed by atoms with van der Waals surface area (Å²) < 4.78 is 38.9. The Morgan fingerprint density at radius 3 is 2.47 bits per heavy atom. The Morgan fingerprint density at radius 1 is 1.37 bits per heavy atom. The normalized spacial score (nSPS) is 11.6. The van der Waals surface area contributed by atoms with Gasteiger partial charge in [0.05, 0.1) is 22.5 Å². The van der Waals surface area contributed by atoms with Crippen LogP contribution in [0.2, 0.25) is 0 Å². The monoisotopic (exact) mass is 284 g/mol. The summed E-state index contributed by atoms with van der Waals surface area (Å²) in [6, 6.07) is 3.98. The molecule has 1 rings (SSSR count). The maximum Gasteiger partial charge on any atom is 0.237 e. The molecule has 0 aliphatic rings. The summed E-state index contributed by atoms with van der Waals surface area (Å²) in [7, 11) is -3.57. The first-order chi connectivity index (χ1) is 8.67. The second-order valence-electron chi connectivity index (χ2n) is 4.92. The van der Waals surface area contributed by atoms with E-state index in [-0.39, 0.29) is 17.8 Å². The van der Waals surface area contributed by atoms with Gasteiger partial charge in [0.1, 0.15) is 5.82 Å². The van der Waals surface area contributed by atoms with E-state index in [0.29, 0.717) is 0 Å². The number of halogens is 1. The average molecular weight is 284 g/mol. The molecular weight excluding hydrogens is 267 g/mol. The quantitative estimate of drug-likeness (QED) is 0.812. The van der Waals surface area contributed by atoms with Crippen LogP contribution in [-0.2, 0) is 10.0 Å². The van der Waals surface area contributed by atoms with Gasteiger partial charge in [-0.15, -0.1) is 0 Å². The second kappa shape index (κ2) is 5.59. The van der Waals surface area contributed by atoms with E-state index >= 15 is 0 Å². The number of hydrogen-bond donors (Lipinski definition) is 2. The number of nitrogens with one attached hydrogen (secondary N) is 1. The van der Waals surface area contributed by atoms with Crippen LogP contribution >= 0.6 is 0 Å². The van der Waals surface area contributed by atoms with Gasteiger partial charge in [-0.1, -0.05) is 11.8 Å². The minimum Gasteiger partial charge on any atom is -0.320 e. The van der Waals surface area contributed by atoms with Crippen molar-refractivity contribution >= 4 is 15.7 Å². The van der Waals surface area contributed by atoms with Crippen LogP contribution in [0, 0.1) is 17.7 Å². The first-order valence-corrected chi connectivity index (χ1v) is 7.16. The molecule has 0 aliphatic carbocycles. The molecule has 0 saturated carbocycles. The van der Waals surface area contributed by atoms with Crippen LogP contribution in [0.5, 0.6) is 0 Å². The van der Waals surface area contributed by atoms with Crippen LogP contribution in [0.4, 0.5) is 10.1 Å². The van der Waals surface area contributed by atoms with Gasteiger partial charge in [-0.2, -0.15) is 0 Å². The molecule has 0 amide bonds. The fraction of sp³-hybridized carbons (Fsp3) is 0.385. The van der Waals surface area contributed by atoms with Crippen LogP contribution in [0.1, 0.15) is 26.3 Å². The molecular formula is C13H17FN2O2S. The van der Waals surface area contributed by atoms with Crippen LogP contribution in [0.25, 0.3) is 0 Å². The molecule has 0 bridgehead atoms. The predicted molar refractivity (Wildman–Crippen MR) is 74.6 cm³/mol. The predicted octanol–water partition coefficient (Wildman–Crippen LogP) is 1.68. The lowest BCUT2D eigenvalue weighted by molar-refractivity contribution is 0.566. The lowest BCUT2D eigenvalue weighted by Crippen LogP contribution is -2.33. The third-order valence-electron chi connectivity index (χ3n) is 2.35. The van der Waals surface area contributed by atoms with Crippen molar-refractivity contribution in [2.45, 2.75) is 25.5 Å². The summed E-state index contributed by atoms with van der Waals surface area (Å²) in [5.41, 5.74) is 5.56. The maximum absolute atomic E-state index is 13.7. The van der Waals surface area contributed by atoms with Crippen molar-refractivity contribution in [3.05, 3.63) is 29.6 Å². The lowest BCUT2D eigenvalue weighted by Gasteiger charge is -2.20. The van der Waals surface area contributed by atoms with E-state index in [9.17, 15) is 12.8 Å². The summed E-state index contributed by atoms with van der Waals surface area (Å²) in [6.45, 7) is 4.82. The van der Waals surface area contributed by atoms with E-state index in [1.54, 1.807) is 20.8 Å². The summed E-state index contributed by atoms with van der Waals surface area (Å²) in [5.74, 6) is 4.51. The Hall–Kier alpha value is -1.58. The van der Waals surface area contributed by atoms with Crippen molar-refractivity contribution in [3.63, 3.8) is 0 Å². The zero-order valence-corrected chi connectivity index (χ0v) is 11.9. The number of sulfonamides is 1. The fourth-order valence-corrected chi connectivity index (χ4v) is 1.88. The van der Waals surface area contributed by atoms with Crippen molar-refractivity contribution in [1.29, 1.82) is 0 Å². The molecule has 0 atom stereocenters. The van der Waals surface area contributed by atoms with Crippen LogP contribution in [0.3, 0.4) is 0 Å². The van der Waals surface area contributed by atoms with Gasteiger partial charge >= 0.3 is 0 Å². The summed E-state index contributed by atoms with van der Waals surface area (Å²) in [6.07, 6.45) is 0. The minimum atomic E-state index is -3.57. The molecule has 0 fully saturated rings. The number of benzene rings is 1. The summed E-state index contributed by atoms with van der Waals surface area (Å²) in [5, 5.41) is 0. The highest BCUT2D eigenvalue weighted by atomic mass is 32.2. The van der Waals surface area contributed by atoms with Gasteiger partial charge in [0.2, 0.25) is 10.0 Å². The second-order valence-corrected chi connectivity index (χ2v) is 7.35. The molecule has 0 saturated heterocycles. The van der Waals surface area contributed by atoms with E-state index in [2.05, 4.69) is 16.6 Å². The number of rotatable bonds is 2. The van der Waals surface area contributed by atoms with Gasteiger partial charge in [-0.3, -0.25) is 4.72 Å². The zero-order chi connectivity index (χ0) is 14.7. The van der Waals surface area contributed by atoms with E-state index in [1.165, 1.54) is 12.1 Å². The van der Waals surface area contributed by atoms with E-state index in [0.717, 1.165) is 6.07 Å². The highest BCUT2D eigenvalue weighted by Gasteiger charge is 2.28. The first-order valence-electron chi connectivity index (χ1n) is 5.68. The van der Waals surface area contributed by atoms with Crippen molar-refractivity contribution in [2.75, 3.05) is 11.3 Å². The number of nitrogens with two attached hydrogens (primary N) is 1. The smallest absolute Gasteiger partial charge is 0.237 e. The summed E-state index contributed by atoms with van der Waals surface area (Å²) >= 11 is 0. The Kier molecular flexibility index (Phi) is 4.56. The highest BCUT2D eigenvalue weighted by molar-refractivity contribution is 7.94. The van der Waals surface area contributed by atoms with Crippen LogP contribution in [0.15, 0.2) is 18.2 Å². The number of hydrogen-bond acceptors (Lipinski definition) is 3. The fourth-order valence-electron chi connectivity index (χ4n) is 1.13. The van der Waals surface area contributed by atoms with Crippen molar-refractivity contribution in [1.82, 2.24) is 0 Å². The highest BCUT2D eigenvalue weighted by Crippen LogP contribution is 2.21. The van der Waals surface area contributed by atoms with Gasteiger partial charge in [-0.05, 0) is 39.0 Å². The lowest BCUT2D eigenvalue weighted by atomic mass is 10.2. The van der Waals surface area contributed by atoms with E-state index < -0.39 is 20.6 Å². The molecule has 104 valence electrons. The average Bonchev–Trinajstić information content (AvgIpc) is 2.26. The SMILES string of the molecule is CC(C)(C)S(=O)(=O)Nc1ccc(C#CCN)c(F)c1. The number of anilines is 1. The Balaban J connectivity index is 3.04. The van der Waals surface area contributed by atoms with Crippen molar-refractivity contribution in [3.8, 4) is 11.8 Å². The molecule has 19 heavy (non-hydrogen) atoms. The maximum atomic E-state index is 13.7. The standard InChI is InChI=1S/C13H17FN2O2S/c1-13(2,3)19(17,18)16-11-7-6-10(5-4-8-15)12(14)9-11/h6-7,9,16H,8,15H2,1-3H3. The molecule has 0 unspecified atom stereocenters. The van der Waals surface area contributed by atoms with Gasteiger partial charge in [0.15, 0.2) is 0 Å². The molecule has 0 aliphatic heterocycles. The van der Waals surface area contributed by atoms with E-state index in [4.69, 9.17) is 5.73 Å². The topological polar surface area (TPSA) is 72.2 Å². The van der Waals surface area contributed by atoms with Gasteiger partial charge in [-0.25, -0.2) is 12.8 Å². The summed E-state index contributed by atoms with van der Waals surface area (Å²) in [4.78, 5) is 0. The molecule has 3 N–H and O–H groups in total. The molecule has 0 heterocycles. The molecule has 0 radical (unpaired) electrons. The van der Waals surface area contributed by atoms with Crippen LogP contribution < -0.4 is 10.5 Å². The third kappa shape index (κ3) is 3.94. The van der Waals surface area contributed by atoms with Gasteiger partial charge in [0, 0.05) is 0 Å². The molecule has 1 aromatic rings. The van der Waals surface area contributed by atoms with Crippen LogP contribution in [-0.4, -0.2) is 19.7 Å². The minimum absolute atomic E-state index is 0.137. The molecule has 0 spiro atoms. The first kappa shape index (κ1) is 15.5. The third-order valence-corrected chi connectivity index (χ3v) is 4.47. The molecule has 6 heteroatoms. The van der Waals surface area contributed by atoms with Crippen molar-refractivity contribution < 1.29 is 12.8 Å². The van der Waals surface area contributed by atoms with Gasteiger partial charge in [0.25, 0.3) is 0 Å².